The number of halogens is 3. The summed E-state index contributed by atoms with van der Waals surface area (Å²) >= 11 is 1.63. The number of carbonyl (C=O) groups is 2. The number of rotatable bonds is 3. The number of likely N-dealkylation sites (tertiary alicyclic amines) is 1. The highest BCUT2D eigenvalue weighted by Crippen LogP contribution is 2.27. The predicted octanol–water partition coefficient (Wildman–Crippen LogP) is 3.20. The molecule has 4 heterocycles. The standard InChI is InChI=1S/C19H23N3O2S.C2HF3O2/c1-14-16(5-10-25-14)19(23)22-7-4-18-17(13-22)21(8-9-24-18)12-15-3-2-6-20-11-15;3-2(4,5)1(6)7/h2-3,5-6,10-11,17-18H,4,7-9,12-13H2,1H3;(H,6,7)/t17-,18-;/m0./s1. The molecule has 2 aliphatic heterocycles. The molecule has 0 radical (unpaired) electrons. The van der Waals surface area contributed by atoms with Gasteiger partial charge in [0, 0.05) is 43.4 Å². The Balaban J connectivity index is 0.000000360. The number of morpholine rings is 1. The van der Waals surface area contributed by atoms with Crippen molar-refractivity contribution in [2.24, 2.45) is 0 Å². The van der Waals surface area contributed by atoms with E-state index in [2.05, 4.69) is 16.0 Å². The molecule has 174 valence electrons. The molecule has 0 spiro atoms. The molecule has 1 N–H and O–H groups in total. The molecule has 7 nitrogen and oxygen atoms in total. The van der Waals surface area contributed by atoms with Crippen LogP contribution in [0.3, 0.4) is 0 Å². The Labute approximate surface area is 187 Å². The summed E-state index contributed by atoms with van der Waals surface area (Å²) in [6.07, 6.45) is -0.234. The lowest BCUT2D eigenvalue weighted by atomic mass is 9.97. The van der Waals surface area contributed by atoms with Gasteiger partial charge in [-0.15, -0.1) is 11.3 Å². The van der Waals surface area contributed by atoms with E-state index in [0.29, 0.717) is 0 Å². The van der Waals surface area contributed by atoms with Crippen LogP contribution in [0.5, 0.6) is 0 Å². The smallest absolute Gasteiger partial charge is 0.475 e. The normalized spacial score (nSPS) is 21.3. The molecule has 1 amide bonds. The Bertz CT molecular complexity index is 923. The SMILES string of the molecule is Cc1sccc1C(=O)N1CC[C@@H]2OCCN(Cc3cccnc3)[C@H]2C1.O=C(O)C(F)(F)F. The van der Waals surface area contributed by atoms with Crippen molar-refractivity contribution in [3.63, 3.8) is 0 Å². The Hall–Kier alpha value is -2.50. The minimum Gasteiger partial charge on any atom is -0.475 e. The first-order valence-corrected chi connectivity index (χ1v) is 10.9. The number of aryl methyl sites for hydroxylation is 1. The summed E-state index contributed by atoms with van der Waals surface area (Å²) in [5.41, 5.74) is 2.05. The van der Waals surface area contributed by atoms with Crippen molar-refractivity contribution < 1.29 is 32.6 Å². The summed E-state index contributed by atoms with van der Waals surface area (Å²) < 4.78 is 37.7. The Morgan fingerprint density at radius 2 is 2.06 bits per heavy atom. The number of ether oxygens (including phenoxy) is 1. The predicted molar refractivity (Wildman–Crippen MR) is 111 cm³/mol. The summed E-state index contributed by atoms with van der Waals surface area (Å²) in [6.45, 7) is 6.05. The topological polar surface area (TPSA) is 83.0 Å². The third kappa shape index (κ3) is 6.05. The molecule has 32 heavy (non-hydrogen) atoms. The first-order chi connectivity index (χ1) is 15.2. The molecule has 0 aromatic carbocycles. The lowest BCUT2D eigenvalue weighted by molar-refractivity contribution is -0.192. The molecule has 2 aromatic rings. The van der Waals surface area contributed by atoms with Crippen molar-refractivity contribution in [3.8, 4) is 0 Å². The maximum Gasteiger partial charge on any atom is 0.490 e. The van der Waals surface area contributed by atoms with Gasteiger partial charge in [-0.2, -0.15) is 13.2 Å². The number of hydrogen-bond acceptors (Lipinski definition) is 6. The number of carboxylic acids is 1. The largest absolute Gasteiger partial charge is 0.490 e. The average Bonchev–Trinajstić information content (AvgIpc) is 3.19. The van der Waals surface area contributed by atoms with Gasteiger partial charge in [-0.3, -0.25) is 14.7 Å². The highest BCUT2D eigenvalue weighted by molar-refractivity contribution is 7.10. The minimum atomic E-state index is -5.08. The molecule has 2 aromatic heterocycles. The van der Waals surface area contributed by atoms with Crippen molar-refractivity contribution in [2.75, 3.05) is 26.2 Å². The molecule has 0 aliphatic carbocycles. The molecular formula is C21H24F3N3O4S. The quantitative estimate of drug-likeness (QED) is 0.741. The number of aliphatic carboxylic acids is 1. The number of aromatic nitrogens is 1. The first-order valence-electron chi connectivity index (χ1n) is 10.0. The number of carboxylic acid groups (broad SMARTS) is 1. The number of nitrogens with zero attached hydrogens (tertiary/aromatic N) is 3. The van der Waals surface area contributed by atoms with Crippen LogP contribution in [-0.2, 0) is 16.1 Å². The molecule has 2 fully saturated rings. The van der Waals surface area contributed by atoms with Gasteiger partial charge in [-0.25, -0.2) is 4.79 Å². The third-order valence-corrected chi connectivity index (χ3v) is 6.27. The molecule has 0 unspecified atom stereocenters. The number of alkyl halides is 3. The van der Waals surface area contributed by atoms with Gasteiger partial charge in [0.15, 0.2) is 0 Å². The van der Waals surface area contributed by atoms with Crippen molar-refractivity contribution in [2.45, 2.75) is 38.2 Å². The molecule has 0 saturated carbocycles. The van der Waals surface area contributed by atoms with E-state index in [-0.39, 0.29) is 18.1 Å². The third-order valence-electron chi connectivity index (χ3n) is 5.43. The van der Waals surface area contributed by atoms with Gasteiger partial charge in [0.2, 0.25) is 0 Å². The van der Waals surface area contributed by atoms with Crippen LogP contribution in [0, 0.1) is 6.92 Å². The second-order valence-electron chi connectivity index (χ2n) is 7.54. The summed E-state index contributed by atoms with van der Waals surface area (Å²) in [4.78, 5) is 31.5. The number of piperidine rings is 1. The van der Waals surface area contributed by atoms with E-state index in [1.165, 1.54) is 5.56 Å². The Kier molecular flexibility index (Phi) is 7.86. The van der Waals surface area contributed by atoms with Crippen LogP contribution in [0.2, 0.25) is 0 Å². The van der Waals surface area contributed by atoms with Crippen LogP contribution in [0.15, 0.2) is 36.0 Å². The maximum absolute atomic E-state index is 12.9. The Morgan fingerprint density at radius 1 is 1.31 bits per heavy atom. The van der Waals surface area contributed by atoms with Gasteiger partial charge in [0.25, 0.3) is 5.91 Å². The van der Waals surface area contributed by atoms with E-state index in [9.17, 15) is 18.0 Å². The van der Waals surface area contributed by atoms with Crippen molar-refractivity contribution in [3.05, 3.63) is 52.0 Å². The first kappa shape index (κ1) is 24.1. The second-order valence-corrected chi connectivity index (χ2v) is 8.66. The van der Waals surface area contributed by atoms with E-state index in [1.807, 2.05) is 35.5 Å². The van der Waals surface area contributed by atoms with Crippen molar-refractivity contribution in [1.82, 2.24) is 14.8 Å². The number of fused-ring (bicyclic) bond motifs is 1. The van der Waals surface area contributed by atoms with Gasteiger partial charge in [0.1, 0.15) is 0 Å². The summed E-state index contributed by atoms with van der Waals surface area (Å²) in [6, 6.07) is 6.28. The van der Waals surface area contributed by atoms with Crippen LogP contribution in [0.1, 0.15) is 27.2 Å². The molecule has 2 saturated heterocycles. The number of pyridine rings is 1. The zero-order valence-electron chi connectivity index (χ0n) is 17.4. The van der Waals surface area contributed by atoms with E-state index in [1.54, 1.807) is 17.5 Å². The number of thiophene rings is 1. The summed E-state index contributed by atoms with van der Waals surface area (Å²) in [7, 11) is 0. The van der Waals surface area contributed by atoms with E-state index in [4.69, 9.17) is 14.6 Å². The molecule has 2 atom stereocenters. The maximum atomic E-state index is 12.9. The van der Waals surface area contributed by atoms with Crippen LogP contribution in [-0.4, -0.2) is 76.3 Å². The zero-order chi connectivity index (χ0) is 23.3. The highest BCUT2D eigenvalue weighted by Gasteiger charge is 2.39. The highest BCUT2D eigenvalue weighted by atomic mass is 32.1. The summed E-state index contributed by atoms with van der Waals surface area (Å²) in [5.74, 6) is -2.60. The van der Waals surface area contributed by atoms with Crippen LogP contribution in [0.25, 0.3) is 0 Å². The average molecular weight is 472 g/mol. The van der Waals surface area contributed by atoms with Crippen LogP contribution in [0.4, 0.5) is 13.2 Å². The lowest BCUT2D eigenvalue weighted by Gasteiger charge is -2.47. The molecular weight excluding hydrogens is 447 g/mol. The zero-order valence-corrected chi connectivity index (χ0v) is 18.2. The fourth-order valence-electron chi connectivity index (χ4n) is 3.83. The molecule has 11 heteroatoms. The Morgan fingerprint density at radius 3 is 2.66 bits per heavy atom. The fraction of sp³-hybridized carbons (Fsp3) is 0.476. The van der Waals surface area contributed by atoms with Gasteiger partial charge >= 0.3 is 12.1 Å². The van der Waals surface area contributed by atoms with Gasteiger partial charge in [-0.05, 0) is 36.4 Å². The van der Waals surface area contributed by atoms with E-state index < -0.39 is 12.1 Å². The molecule has 4 rings (SSSR count). The molecule has 2 aliphatic rings. The van der Waals surface area contributed by atoms with Crippen molar-refractivity contribution >= 4 is 23.2 Å². The minimum absolute atomic E-state index is 0.157. The van der Waals surface area contributed by atoms with Gasteiger partial charge in [0.05, 0.1) is 24.3 Å². The van der Waals surface area contributed by atoms with Gasteiger partial charge < -0.3 is 14.7 Å². The number of carbonyl (C=O) groups excluding carboxylic acids is 1. The second kappa shape index (κ2) is 10.4. The number of amides is 1. The fourth-order valence-corrected chi connectivity index (χ4v) is 4.52. The van der Waals surface area contributed by atoms with Crippen molar-refractivity contribution in [1.29, 1.82) is 0 Å². The van der Waals surface area contributed by atoms with E-state index in [0.717, 1.165) is 49.6 Å². The van der Waals surface area contributed by atoms with Crippen LogP contribution >= 0.6 is 11.3 Å². The lowest BCUT2D eigenvalue weighted by Crippen LogP contribution is -2.60. The summed E-state index contributed by atoms with van der Waals surface area (Å²) in [5, 5.41) is 9.12. The number of hydrogen-bond donors (Lipinski definition) is 1. The van der Waals surface area contributed by atoms with E-state index >= 15 is 0 Å². The monoisotopic (exact) mass is 471 g/mol. The van der Waals surface area contributed by atoms with Crippen LogP contribution < -0.4 is 0 Å². The molecule has 0 bridgehead atoms. The van der Waals surface area contributed by atoms with Gasteiger partial charge in [-0.1, -0.05) is 6.07 Å².